The van der Waals surface area contributed by atoms with Crippen molar-refractivity contribution in [3.63, 3.8) is 0 Å². The Balaban J connectivity index is 1.25. The molecular formula is C57H82IN13O13S. The molecule has 0 aliphatic carbocycles. The molecule has 7 amide bonds. The van der Waals surface area contributed by atoms with Crippen molar-refractivity contribution in [2.45, 2.75) is 108 Å². The Hall–Kier alpha value is -6.93. The number of benzene rings is 3. The molecule has 28 heteroatoms. The zero-order valence-electron chi connectivity index (χ0n) is 47.7. The number of hydrogen-bond donors (Lipinski definition) is 12. The number of aliphatic carboxylic acids is 3. The molecular weight excluding hydrogens is 1230 g/mol. The highest BCUT2D eigenvalue weighted by atomic mass is 127. The van der Waals surface area contributed by atoms with E-state index in [2.05, 4.69) is 43.9 Å². The number of carbonyl (C=O) groups is 9. The van der Waals surface area contributed by atoms with Crippen molar-refractivity contribution >= 4 is 99.0 Å². The summed E-state index contributed by atoms with van der Waals surface area (Å²) >= 11 is 7.86. The number of carboxylic acid groups (broad SMARTS) is 3. The Morgan fingerprint density at radius 1 is 0.635 bits per heavy atom. The highest BCUT2D eigenvalue weighted by molar-refractivity contribution is 14.1. The molecule has 3 aromatic rings. The van der Waals surface area contributed by atoms with E-state index in [1.807, 2.05) is 68.1 Å². The van der Waals surface area contributed by atoms with Crippen LogP contribution in [0.15, 0.2) is 72.8 Å². The standard InChI is InChI=1S/C57H82IN13O13S/c58-42-17-11-40(12-18-42)32-71(23-5-4-6-45(55(80)81)65-57(84)66-46(56(82)83)21-22-53(77)78)54(79)41-15-9-39(10-16-41)31-63-51(76)7-2-1-3-8-52(85)64-43-19-13-38(14-20-43)30-44-33-69(36-49(61)74)27-26-67(34-47(59)72)24-25-68(35-48(60)73)28-29-70(44)37-50(62)75/h9-20,44-46,50,75H,1-8,21-37,62H2,(H2,59,72)(H2,60,73)(H2,61,74)(H,63,76)(H,64,85)(H,77,78)(H,80,81)(H,82,83)(H2,65,66,84)/t44?,45-,46?,50?/m1/s1. The summed E-state index contributed by atoms with van der Waals surface area (Å²) in [6.45, 7) is 3.65. The minimum absolute atomic E-state index is 0.00700. The van der Waals surface area contributed by atoms with Gasteiger partial charge in [-0.1, -0.05) is 55.0 Å². The largest absolute Gasteiger partial charge is 0.481 e. The number of anilines is 1. The predicted octanol–water partition coefficient (Wildman–Crippen LogP) is 1.05. The van der Waals surface area contributed by atoms with Crippen LogP contribution in [0.2, 0.25) is 0 Å². The van der Waals surface area contributed by atoms with Crippen molar-refractivity contribution in [2.75, 3.05) is 83.9 Å². The van der Waals surface area contributed by atoms with E-state index in [-0.39, 0.29) is 76.5 Å². The number of aliphatic hydroxyl groups excluding tert-OH is 1. The number of nitrogens with one attached hydrogen (secondary N) is 4. The van der Waals surface area contributed by atoms with Gasteiger partial charge in [-0.2, -0.15) is 0 Å². The molecule has 85 heavy (non-hydrogen) atoms. The van der Waals surface area contributed by atoms with Crippen LogP contribution >= 0.6 is 34.8 Å². The first kappa shape index (κ1) is 70.6. The molecule has 0 saturated carbocycles. The van der Waals surface area contributed by atoms with Crippen molar-refractivity contribution in [3.05, 3.63) is 98.6 Å². The van der Waals surface area contributed by atoms with Gasteiger partial charge in [0.2, 0.25) is 23.6 Å². The molecule has 0 aromatic heterocycles. The van der Waals surface area contributed by atoms with Crippen LogP contribution in [0.1, 0.15) is 91.3 Å². The van der Waals surface area contributed by atoms with E-state index in [0.29, 0.717) is 88.5 Å². The van der Waals surface area contributed by atoms with Crippen LogP contribution < -0.4 is 44.2 Å². The van der Waals surface area contributed by atoms with Gasteiger partial charge in [0.25, 0.3) is 5.91 Å². The SMILES string of the molecule is NC(=O)CN1CCN(CC(N)=O)CCN(CC(N)O)C(Cc2ccc(NC(=S)CCCCCC(=O)NCc3ccc(C(=O)N(CCCC[C@@H](NC(=O)NC(CCC(=O)O)C(=O)O)C(=O)O)Cc4ccc(I)cc4)cc3)cc2)CN(CC(N)=O)CC1. The first-order valence-electron chi connectivity index (χ1n) is 28.1. The Kier molecular flexibility index (Phi) is 31.1. The first-order valence-corrected chi connectivity index (χ1v) is 29.6. The smallest absolute Gasteiger partial charge is 0.326 e. The maximum atomic E-state index is 13.9. The summed E-state index contributed by atoms with van der Waals surface area (Å²) in [5, 5.41) is 49.0. The molecule has 1 aliphatic rings. The van der Waals surface area contributed by atoms with Gasteiger partial charge in [-0.15, -0.1) is 0 Å². The summed E-state index contributed by atoms with van der Waals surface area (Å²) in [5.41, 5.74) is 26.6. The van der Waals surface area contributed by atoms with E-state index in [9.17, 15) is 58.5 Å². The van der Waals surface area contributed by atoms with Crippen LogP contribution in [0, 0.1) is 3.57 Å². The lowest BCUT2D eigenvalue weighted by molar-refractivity contribution is -0.141. The third kappa shape index (κ3) is 28.7. The zero-order chi connectivity index (χ0) is 62.4. The Bertz CT molecular complexity index is 2690. The number of aliphatic hydroxyl groups is 1. The second-order valence-corrected chi connectivity index (χ2v) is 22.8. The fraction of sp³-hybridized carbons (Fsp3) is 0.509. The lowest BCUT2D eigenvalue weighted by Gasteiger charge is -2.39. The van der Waals surface area contributed by atoms with Crippen LogP contribution in [0.4, 0.5) is 10.5 Å². The number of carboxylic acids is 3. The lowest BCUT2D eigenvalue weighted by atomic mass is 10.0. The number of urea groups is 1. The second kappa shape index (κ2) is 37.5. The molecule has 3 unspecified atom stereocenters. The third-order valence-corrected chi connectivity index (χ3v) is 15.0. The van der Waals surface area contributed by atoms with Crippen LogP contribution in [0.25, 0.3) is 0 Å². The molecule has 16 N–H and O–H groups in total. The Morgan fingerprint density at radius 2 is 1.16 bits per heavy atom. The Labute approximate surface area is 513 Å². The summed E-state index contributed by atoms with van der Waals surface area (Å²) in [4.78, 5) is 120. The normalized spacial score (nSPS) is 15.8. The van der Waals surface area contributed by atoms with Crippen LogP contribution in [-0.2, 0) is 53.1 Å². The Morgan fingerprint density at radius 3 is 1.73 bits per heavy atom. The van der Waals surface area contributed by atoms with Crippen molar-refractivity contribution in [3.8, 4) is 0 Å². The van der Waals surface area contributed by atoms with Crippen molar-refractivity contribution in [2.24, 2.45) is 22.9 Å². The van der Waals surface area contributed by atoms with Gasteiger partial charge in [0.05, 0.1) is 24.6 Å². The van der Waals surface area contributed by atoms with Gasteiger partial charge >= 0.3 is 23.9 Å². The molecule has 0 spiro atoms. The van der Waals surface area contributed by atoms with Crippen LogP contribution in [-0.4, -0.2) is 206 Å². The number of unbranched alkanes of at least 4 members (excludes halogenated alkanes) is 3. The summed E-state index contributed by atoms with van der Waals surface area (Å²) < 4.78 is 1.01. The molecule has 1 fully saturated rings. The van der Waals surface area contributed by atoms with Crippen LogP contribution in [0.5, 0.6) is 0 Å². The van der Waals surface area contributed by atoms with Crippen molar-refractivity contribution in [1.29, 1.82) is 0 Å². The number of halogens is 1. The molecule has 3 aromatic carbocycles. The summed E-state index contributed by atoms with van der Waals surface area (Å²) in [6, 6.07) is 18.1. The molecule has 1 saturated heterocycles. The predicted molar refractivity (Wildman–Crippen MR) is 329 cm³/mol. The number of rotatable bonds is 34. The van der Waals surface area contributed by atoms with E-state index in [1.54, 1.807) is 29.2 Å². The maximum absolute atomic E-state index is 13.9. The number of nitrogens with two attached hydrogens (primary N) is 4. The quantitative estimate of drug-likeness (QED) is 0.0172. The van der Waals surface area contributed by atoms with Gasteiger partial charge in [-0.05, 0) is 127 Å². The van der Waals surface area contributed by atoms with E-state index in [0.717, 1.165) is 38.8 Å². The highest BCUT2D eigenvalue weighted by Crippen LogP contribution is 2.19. The van der Waals surface area contributed by atoms with Gasteiger partial charge in [0, 0.05) is 106 Å². The van der Waals surface area contributed by atoms with Crippen LogP contribution in [0.3, 0.4) is 0 Å². The van der Waals surface area contributed by atoms with E-state index in [1.165, 1.54) is 0 Å². The van der Waals surface area contributed by atoms with E-state index >= 15 is 0 Å². The molecule has 4 rings (SSSR count). The average Bonchev–Trinajstić information content (AvgIpc) is 3.65. The second-order valence-electron chi connectivity index (χ2n) is 21.1. The van der Waals surface area contributed by atoms with Gasteiger partial charge in [-0.25, -0.2) is 14.4 Å². The van der Waals surface area contributed by atoms with E-state index < -0.39 is 72.8 Å². The monoisotopic (exact) mass is 1320 g/mol. The molecule has 0 radical (unpaired) electrons. The number of carbonyl (C=O) groups excluding carboxylic acids is 6. The van der Waals surface area contributed by atoms with Gasteiger partial charge < -0.3 is 69.5 Å². The van der Waals surface area contributed by atoms with Gasteiger partial charge in [-0.3, -0.25) is 48.4 Å². The molecule has 0 bridgehead atoms. The summed E-state index contributed by atoms with van der Waals surface area (Å²) in [7, 11) is 0. The topological polar surface area (TPSA) is 403 Å². The molecule has 4 atom stereocenters. The number of thiocarbonyl (C=S) groups is 1. The number of hydrogen-bond acceptors (Lipinski definition) is 16. The summed E-state index contributed by atoms with van der Waals surface area (Å²) in [5.74, 6) is -5.98. The maximum Gasteiger partial charge on any atom is 0.326 e. The highest BCUT2D eigenvalue weighted by Gasteiger charge is 2.28. The number of nitrogens with zero attached hydrogens (tertiary/aromatic N) is 5. The lowest BCUT2D eigenvalue weighted by Crippen LogP contribution is -2.55. The van der Waals surface area contributed by atoms with Crippen molar-refractivity contribution in [1.82, 2.24) is 40.4 Å². The molecule has 1 aliphatic heterocycles. The zero-order valence-corrected chi connectivity index (χ0v) is 50.7. The first-order chi connectivity index (χ1) is 40.4. The fourth-order valence-electron chi connectivity index (χ4n) is 9.60. The van der Waals surface area contributed by atoms with E-state index in [4.69, 9.17) is 40.3 Å². The number of β-amino-alcohol motifs (C(OH)–C–C–N with tert-alkyl or cyclic N) is 1. The summed E-state index contributed by atoms with van der Waals surface area (Å²) in [6.07, 6.45) is 2.11. The van der Waals surface area contributed by atoms with Gasteiger partial charge in [0.15, 0.2) is 0 Å². The van der Waals surface area contributed by atoms with Crippen molar-refractivity contribution < 1.29 is 63.6 Å². The number of primary amides is 3. The minimum atomic E-state index is -1.53. The third-order valence-electron chi connectivity index (χ3n) is 14.0. The molecule has 26 nitrogen and oxygen atoms in total. The average molecular weight is 1320 g/mol. The minimum Gasteiger partial charge on any atom is -0.481 e. The molecule has 466 valence electrons. The molecule has 1 heterocycles. The number of amides is 7. The van der Waals surface area contributed by atoms with Gasteiger partial charge in [0.1, 0.15) is 18.3 Å². The fourth-order valence-corrected chi connectivity index (χ4v) is 10.2.